The van der Waals surface area contributed by atoms with Crippen LogP contribution in [0, 0.1) is 0 Å². The van der Waals surface area contributed by atoms with Crippen LogP contribution in [-0.4, -0.2) is 24.0 Å². The number of amides is 1. The van der Waals surface area contributed by atoms with Crippen LogP contribution in [0.25, 0.3) is 0 Å². The highest BCUT2D eigenvalue weighted by atomic mass is 16.5. The first-order chi connectivity index (χ1) is 14.7. The van der Waals surface area contributed by atoms with E-state index in [1.54, 1.807) is 6.20 Å². The molecule has 1 aromatic heterocycles. The number of carbonyl (C=O) groups is 1. The molecule has 2 aromatic carbocycles. The van der Waals surface area contributed by atoms with Gasteiger partial charge in [-0.2, -0.15) is 0 Å². The van der Waals surface area contributed by atoms with E-state index in [0.29, 0.717) is 23.9 Å². The summed E-state index contributed by atoms with van der Waals surface area (Å²) in [5, 5.41) is 2.96. The van der Waals surface area contributed by atoms with Gasteiger partial charge in [0.05, 0.1) is 11.1 Å². The van der Waals surface area contributed by atoms with Gasteiger partial charge in [0.15, 0.2) is 0 Å². The first kappa shape index (κ1) is 18.5. The van der Waals surface area contributed by atoms with Crippen LogP contribution >= 0.6 is 0 Å². The molecule has 0 unspecified atom stereocenters. The van der Waals surface area contributed by atoms with Gasteiger partial charge in [0.1, 0.15) is 18.2 Å². The number of nitrogens with zero attached hydrogens (tertiary/aromatic N) is 2. The topological polar surface area (TPSA) is 80.5 Å². The molecule has 3 heterocycles. The van der Waals surface area contributed by atoms with Gasteiger partial charge in [-0.1, -0.05) is 36.4 Å². The van der Waals surface area contributed by atoms with Crippen LogP contribution in [0.15, 0.2) is 66.9 Å². The van der Waals surface area contributed by atoms with Gasteiger partial charge in [-0.25, -0.2) is 4.98 Å². The van der Waals surface area contributed by atoms with Crippen LogP contribution in [0.5, 0.6) is 5.75 Å². The number of nitrogens with one attached hydrogen (secondary N) is 1. The number of fused-ring (bicyclic) bond motifs is 2. The normalized spacial score (nSPS) is 16.9. The number of hydrogen-bond donors (Lipinski definition) is 2. The fraction of sp³-hybridized carbons (Fsp3) is 0.250. The average Bonchev–Trinajstić information content (AvgIpc) is 3.06. The Labute approximate surface area is 175 Å². The Hall–Kier alpha value is -3.54. The molecule has 0 atom stereocenters. The second-order valence-electron chi connectivity index (χ2n) is 7.92. The van der Waals surface area contributed by atoms with E-state index in [2.05, 4.69) is 15.2 Å². The summed E-state index contributed by atoms with van der Waals surface area (Å²) in [5.41, 5.74) is 9.48. The van der Waals surface area contributed by atoms with Crippen molar-refractivity contribution >= 4 is 23.1 Å². The van der Waals surface area contributed by atoms with Gasteiger partial charge in [-0.05, 0) is 36.6 Å². The summed E-state index contributed by atoms with van der Waals surface area (Å²) in [6, 6.07) is 19.9. The lowest BCUT2D eigenvalue weighted by atomic mass is 9.74. The van der Waals surface area contributed by atoms with E-state index in [-0.39, 0.29) is 5.91 Å². The van der Waals surface area contributed by atoms with E-state index in [0.717, 1.165) is 42.7 Å². The maximum absolute atomic E-state index is 12.8. The van der Waals surface area contributed by atoms with Gasteiger partial charge in [0, 0.05) is 36.6 Å². The van der Waals surface area contributed by atoms with Gasteiger partial charge in [-0.15, -0.1) is 0 Å². The predicted octanol–water partition coefficient (Wildman–Crippen LogP) is 3.73. The molecule has 1 fully saturated rings. The molecule has 6 nitrogen and oxygen atoms in total. The van der Waals surface area contributed by atoms with Crippen LogP contribution in [0.2, 0.25) is 0 Å². The molecular formula is C24H24N4O2. The zero-order chi connectivity index (χ0) is 20.6. The van der Waals surface area contributed by atoms with E-state index in [1.807, 2.05) is 60.7 Å². The molecule has 0 aliphatic carbocycles. The SMILES string of the molecule is Nc1ccc(N2CCC3(CC2)C(=O)Nc2ncccc23)cc1OCc1ccccc1. The lowest BCUT2D eigenvalue weighted by Gasteiger charge is -2.39. The molecule has 1 spiro atoms. The van der Waals surface area contributed by atoms with Crippen molar-refractivity contribution in [3.63, 3.8) is 0 Å². The zero-order valence-electron chi connectivity index (χ0n) is 16.7. The maximum Gasteiger partial charge on any atom is 0.236 e. The standard InChI is InChI=1S/C24H24N4O2/c25-20-9-8-18(15-21(20)30-16-17-5-2-1-3-6-17)28-13-10-24(11-14-28)19-7-4-12-26-22(19)27-23(24)29/h1-9,12,15H,10-11,13-14,16,25H2,(H,26,27,29). The molecule has 3 N–H and O–H groups in total. The number of rotatable bonds is 4. The fourth-order valence-corrected chi connectivity index (χ4v) is 4.46. The van der Waals surface area contributed by atoms with E-state index in [9.17, 15) is 4.79 Å². The zero-order valence-corrected chi connectivity index (χ0v) is 16.7. The summed E-state index contributed by atoms with van der Waals surface area (Å²) in [6.45, 7) is 2.04. The van der Waals surface area contributed by atoms with Crippen molar-refractivity contribution in [3.05, 3.63) is 78.0 Å². The molecule has 0 radical (unpaired) electrons. The Morgan fingerprint density at radius 3 is 2.67 bits per heavy atom. The monoisotopic (exact) mass is 400 g/mol. The molecule has 1 amide bonds. The summed E-state index contributed by atoms with van der Waals surface area (Å²) in [7, 11) is 0. The second-order valence-corrected chi connectivity index (χ2v) is 7.92. The number of hydrogen-bond acceptors (Lipinski definition) is 5. The van der Waals surface area contributed by atoms with Crippen molar-refractivity contribution in [1.29, 1.82) is 0 Å². The van der Waals surface area contributed by atoms with E-state index in [1.165, 1.54) is 0 Å². The lowest BCUT2D eigenvalue weighted by molar-refractivity contribution is -0.121. The largest absolute Gasteiger partial charge is 0.487 e. The van der Waals surface area contributed by atoms with Crippen LogP contribution in [0.1, 0.15) is 24.0 Å². The quantitative estimate of drug-likeness (QED) is 0.652. The third kappa shape index (κ3) is 3.14. The van der Waals surface area contributed by atoms with Gasteiger partial charge in [-0.3, -0.25) is 4.79 Å². The van der Waals surface area contributed by atoms with E-state index in [4.69, 9.17) is 10.5 Å². The average molecular weight is 400 g/mol. The molecule has 0 bridgehead atoms. The first-order valence-corrected chi connectivity index (χ1v) is 10.2. The number of aromatic nitrogens is 1. The molecular weight excluding hydrogens is 376 g/mol. The third-order valence-corrected chi connectivity index (χ3v) is 6.21. The van der Waals surface area contributed by atoms with Gasteiger partial charge in [0.2, 0.25) is 5.91 Å². The minimum absolute atomic E-state index is 0.0695. The number of pyridine rings is 1. The smallest absolute Gasteiger partial charge is 0.236 e. The summed E-state index contributed by atoms with van der Waals surface area (Å²) in [5.74, 6) is 1.46. The number of nitrogen functional groups attached to an aromatic ring is 1. The van der Waals surface area contributed by atoms with Crippen molar-refractivity contribution in [2.45, 2.75) is 24.9 Å². The molecule has 0 saturated carbocycles. The van der Waals surface area contributed by atoms with Crippen molar-refractivity contribution < 1.29 is 9.53 Å². The number of ether oxygens (including phenoxy) is 1. The third-order valence-electron chi connectivity index (χ3n) is 6.21. The predicted molar refractivity (Wildman–Crippen MR) is 118 cm³/mol. The lowest BCUT2D eigenvalue weighted by Crippen LogP contribution is -2.46. The highest BCUT2D eigenvalue weighted by molar-refractivity contribution is 6.05. The Balaban J connectivity index is 1.31. The molecule has 3 aromatic rings. The molecule has 2 aliphatic rings. The Morgan fingerprint density at radius 1 is 1.07 bits per heavy atom. The van der Waals surface area contributed by atoms with Crippen molar-refractivity contribution in [2.75, 3.05) is 29.0 Å². The molecule has 6 heteroatoms. The maximum atomic E-state index is 12.8. The van der Waals surface area contributed by atoms with Crippen LogP contribution in [0.3, 0.4) is 0 Å². The highest BCUT2D eigenvalue weighted by Gasteiger charge is 2.49. The summed E-state index contributed by atoms with van der Waals surface area (Å²) >= 11 is 0. The number of nitrogens with two attached hydrogens (primary N) is 1. The molecule has 152 valence electrons. The molecule has 30 heavy (non-hydrogen) atoms. The van der Waals surface area contributed by atoms with Crippen molar-refractivity contribution in [3.8, 4) is 5.75 Å². The number of carbonyl (C=O) groups excluding carboxylic acids is 1. The van der Waals surface area contributed by atoms with E-state index < -0.39 is 5.41 Å². The Morgan fingerprint density at radius 2 is 1.87 bits per heavy atom. The summed E-state index contributed by atoms with van der Waals surface area (Å²) in [4.78, 5) is 19.4. The van der Waals surface area contributed by atoms with E-state index >= 15 is 0 Å². The molecule has 5 rings (SSSR count). The molecule has 1 saturated heterocycles. The number of piperidine rings is 1. The number of anilines is 3. The minimum Gasteiger partial charge on any atom is -0.487 e. The van der Waals surface area contributed by atoms with Crippen LogP contribution < -0.4 is 20.7 Å². The van der Waals surface area contributed by atoms with Crippen LogP contribution in [0.4, 0.5) is 17.2 Å². The first-order valence-electron chi connectivity index (χ1n) is 10.2. The molecule has 2 aliphatic heterocycles. The second kappa shape index (κ2) is 7.37. The number of benzene rings is 2. The van der Waals surface area contributed by atoms with Crippen molar-refractivity contribution in [2.24, 2.45) is 0 Å². The fourth-order valence-electron chi connectivity index (χ4n) is 4.46. The highest BCUT2D eigenvalue weighted by Crippen LogP contribution is 2.44. The minimum atomic E-state index is -0.472. The summed E-state index contributed by atoms with van der Waals surface area (Å²) in [6.07, 6.45) is 3.23. The Bertz CT molecular complexity index is 1080. The Kier molecular flexibility index (Phi) is 4.54. The van der Waals surface area contributed by atoms with Gasteiger partial charge >= 0.3 is 0 Å². The van der Waals surface area contributed by atoms with Crippen LogP contribution in [-0.2, 0) is 16.8 Å². The van der Waals surface area contributed by atoms with Gasteiger partial charge < -0.3 is 20.7 Å². The van der Waals surface area contributed by atoms with Gasteiger partial charge in [0.25, 0.3) is 0 Å². The summed E-state index contributed by atoms with van der Waals surface area (Å²) < 4.78 is 5.99. The van der Waals surface area contributed by atoms with Crippen molar-refractivity contribution in [1.82, 2.24) is 4.98 Å².